The van der Waals surface area contributed by atoms with Crippen molar-refractivity contribution in [3.05, 3.63) is 34.3 Å². The van der Waals surface area contributed by atoms with Crippen LogP contribution in [0.4, 0.5) is 0 Å². The largest absolute Gasteiger partial charge is 0.481 e. The van der Waals surface area contributed by atoms with Crippen molar-refractivity contribution in [1.29, 1.82) is 0 Å². The monoisotopic (exact) mass is 255 g/mol. The van der Waals surface area contributed by atoms with Crippen molar-refractivity contribution in [3.8, 4) is 0 Å². The predicted molar refractivity (Wildman–Crippen MR) is 56.0 cm³/mol. The first kappa shape index (κ1) is 9.68. The van der Waals surface area contributed by atoms with E-state index >= 15 is 0 Å². The Labute approximate surface area is 90.3 Å². The number of hydrogen-bond acceptors (Lipinski definition) is 2. The molecule has 0 spiro atoms. The van der Waals surface area contributed by atoms with Gasteiger partial charge in [0.2, 0.25) is 0 Å². The minimum Gasteiger partial charge on any atom is -0.481 e. The highest BCUT2D eigenvalue weighted by Gasteiger charge is 2.37. The average Bonchev–Trinajstić information content (AvgIpc) is 2.05. The third-order valence-corrected chi connectivity index (χ3v) is 3.24. The lowest BCUT2D eigenvalue weighted by Crippen LogP contribution is -2.49. The number of rotatable bonds is 2. The van der Waals surface area contributed by atoms with Gasteiger partial charge in [0, 0.05) is 17.1 Å². The van der Waals surface area contributed by atoms with Crippen LogP contribution in [0.2, 0.25) is 0 Å². The Hall–Kier alpha value is -0.870. The van der Waals surface area contributed by atoms with Crippen LogP contribution < -0.4 is 5.32 Å². The molecule has 2 unspecified atom stereocenters. The van der Waals surface area contributed by atoms with Gasteiger partial charge < -0.3 is 10.4 Å². The molecule has 2 atom stereocenters. The second-order valence-electron chi connectivity index (χ2n) is 3.35. The molecule has 1 aromatic rings. The van der Waals surface area contributed by atoms with E-state index in [2.05, 4.69) is 21.2 Å². The molecule has 0 aliphatic carbocycles. The summed E-state index contributed by atoms with van der Waals surface area (Å²) in [6, 6.07) is 7.65. The van der Waals surface area contributed by atoms with Crippen LogP contribution in [0.1, 0.15) is 11.6 Å². The van der Waals surface area contributed by atoms with E-state index in [-0.39, 0.29) is 12.0 Å². The van der Waals surface area contributed by atoms with Gasteiger partial charge in [0.1, 0.15) is 0 Å². The SMILES string of the molecule is O=C(O)C1CNC1c1ccccc1Br. The summed E-state index contributed by atoms with van der Waals surface area (Å²) in [5.74, 6) is -1.03. The van der Waals surface area contributed by atoms with Gasteiger partial charge in [-0.2, -0.15) is 0 Å². The lowest BCUT2D eigenvalue weighted by molar-refractivity contribution is -0.145. The van der Waals surface area contributed by atoms with Gasteiger partial charge >= 0.3 is 5.97 Å². The van der Waals surface area contributed by atoms with Crippen LogP contribution in [-0.4, -0.2) is 17.6 Å². The van der Waals surface area contributed by atoms with E-state index in [1.807, 2.05) is 24.3 Å². The van der Waals surface area contributed by atoms with Crippen molar-refractivity contribution in [2.24, 2.45) is 5.92 Å². The predicted octanol–water partition coefficient (Wildman–Crippen LogP) is 1.79. The van der Waals surface area contributed by atoms with Crippen LogP contribution in [0, 0.1) is 5.92 Å². The summed E-state index contributed by atoms with van der Waals surface area (Å²) in [5.41, 5.74) is 1.02. The molecule has 14 heavy (non-hydrogen) atoms. The molecule has 2 rings (SSSR count). The quantitative estimate of drug-likeness (QED) is 0.848. The average molecular weight is 256 g/mol. The fraction of sp³-hybridized carbons (Fsp3) is 0.300. The van der Waals surface area contributed by atoms with Gasteiger partial charge in [0.25, 0.3) is 0 Å². The number of carbonyl (C=O) groups is 1. The Bertz CT molecular complexity index is 367. The fourth-order valence-electron chi connectivity index (χ4n) is 1.64. The summed E-state index contributed by atoms with van der Waals surface area (Å²) in [6.07, 6.45) is 0. The van der Waals surface area contributed by atoms with Crippen molar-refractivity contribution in [3.63, 3.8) is 0 Å². The van der Waals surface area contributed by atoms with Gasteiger partial charge in [-0.15, -0.1) is 0 Å². The molecular weight excluding hydrogens is 246 g/mol. The molecule has 0 aromatic heterocycles. The molecule has 3 nitrogen and oxygen atoms in total. The summed E-state index contributed by atoms with van der Waals surface area (Å²) < 4.78 is 0.962. The summed E-state index contributed by atoms with van der Waals surface area (Å²) in [7, 11) is 0. The van der Waals surface area contributed by atoms with E-state index < -0.39 is 5.97 Å². The minimum atomic E-state index is -0.732. The zero-order valence-corrected chi connectivity index (χ0v) is 8.99. The maximum Gasteiger partial charge on any atom is 0.309 e. The van der Waals surface area contributed by atoms with Gasteiger partial charge in [-0.1, -0.05) is 34.1 Å². The van der Waals surface area contributed by atoms with E-state index in [4.69, 9.17) is 5.11 Å². The summed E-state index contributed by atoms with van der Waals surface area (Å²) in [5, 5.41) is 12.0. The molecule has 1 aliphatic rings. The van der Waals surface area contributed by atoms with Crippen molar-refractivity contribution >= 4 is 21.9 Å². The molecule has 1 heterocycles. The van der Waals surface area contributed by atoms with Gasteiger partial charge in [-0.3, -0.25) is 4.79 Å². The number of halogens is 1. The van der Waals surface area contributed by atoms with E-state index in [0.717, 1.165) is 10.0 Å². The Balaban J connectivity index is 2.24. The van der Waals surface area contributed by atoms with Crippen molar-refractivity contribution in [2.45, 2.75) is 6.04 Å². The Kier molecular flexibility index (Phi) is 2.56. The van der Waals surface area contributed by atoms with E-state index in [1.54, 1.807) is 0 Å². The molecule has 0 radical (unpaired) electrons. The fourth-order valence-corrected chi connectivity index (χ4v) is 2.17. The molecular formula is C10H10BrNO2. The third kappa shape index (κ3) is 1.55. The van der Waals surface area contributed by atoms with Gasteiger partial charge in [0.15, 0.2) is 0 Å². The number of benzene rings is 1. The van der Waals surface area contributed by atoms with Crippen molar-refractivity contribution < 1.29 is 9.90 Å². The lowest BCUT2D eigenvalue weighted by atomic mass is 9.86. The van der Waals surface area contributed by atoms with E-state index in [0.29, 0.717) is 6.54 Å². The number of carboxylic acid groups (broad SMARTS) is 1. The minimum absolute atomic E-state index is 0.0527. The normalized spacial score (nSPS) is 25.5. The smallest absolute Gasteiger partial charge is 0.309 e. The first-order valence-corrected chi connectivity index (χ1v) is 5.20. The van der Waals surface area contributed by atoms with Crippen LogP contribution in [0.15, 0.2) is 28.7 Å². The maximum absolute atomic E-state index is 10.8. The van der Waals surface area contributed by atoms with Crippen LogP contribution in [0.3, 0.4) is 0 Å². The Morgan fingerprint density at radius 2 is 2.21 bits per heavy atom. The number of nitrogens with one attached hydrogen (secondary N) is 1. The molecule has 1 saturated heterocycles. The molecule has 2 N–H and O–H groups in total. The second-order valence-corrected chi connectivity index (χ2v) is 4.21. The molecule has 74 valence electrons. The second kappa shape index (κ2) is 3.71. The van der Waals surface area contributed by atoms with Crippen LogP contribution in [-0.2, 0) is 4.79 Å². The number of carboxylic acids is 1. The molecule has 1 aliphatic heterocycles. The first-order valence-electron chi connectivity index (χ1n) is 4.41. The van der Waals surface area contributed by atoms with Gasteiger partial charge in [-0.05, 0) is 11.6 Å². The van der Waals surface area contributed by atoms with Crippen LogP contribution >= 0.6 is 15.9 Å². The molecule has 0 amide bonds. The van der Waals surface area contributed by atoms with Crippen LogP contribution in [0.5, 0.6) is 0 Å². The summed E-state index contributed by atoms with van der Waals surface area (Å²) >= 11 is 3.42. The molecule has 1 aromatic carbocycles. The molecule has 4 heteroatoms. The molecule has 0 saturated carbocycles. The molecule has 1 fully saturated rings. The Morgan fingerprint density at radius 1 is 1.50 bits per heavy atom. The van der Waals surface area contributed by atoms with Crippen LogP contribution in [0.25, 0.3) is 0 Å². The maximum atomic E-state index is 10.8. The first-order chi connectivity index (χ1) is 6.70. The van der Waals surface area contributed by atoms with Crippen molar-refractivity contribution in [2.75, 3.05) is 6.54 Å². The zero-order chi connectivity index (χ0) is 10.1. The van der Waals surface area contributed by atoms with E-state index in [9.17, 15) is 4.79 Å². The number of hydrogen-bond donors (Lipinski definition) is 2. The van der Waals surface area contributed by atoms with E-state index in [1.165, 1.54) is 0 Å². The highest BCUT2D eigenvalue weighted by Crippen LogP contribution is 2.33. The highest BCUT2D eigenvalue weighted by molar-refractivity contribution is 9.10. The number of aliphatic carboxylic acids is 1. The van der Waals surface area contributed by atoms with Gasteiger partial charge in [-0.25, -0.2) is 0 Å². The highest BCUT2D eigenvalue weighted by atomic mass is 79.9. The zero-order valence-electron chi connectivity index (χ0n) is 7.40. The summed E-state index contributed by atoms with van der Waals surface area (Å²) in [4.78, 5) is 10.8. The Morgan fingerprint density at radius 3 is 2.71 bits per heavy atom. The third-order valence-electron chi connectivity index (χ3n) is 2.52. The van der Waals surface area contributed by atoms with Crippen molar-refractivity contribution in [1.82, 2.24) is 5.32 Å². The molecule has 0 bridgehead atoms. The standard InChI is InChI=1S/C10H10BrNO2/c11-8-4-2-1-3-6(8)9-7(5-12-9)10(13)14/h1-4,7,9,12H,5H2,(H,13,14). The lowest BCUT2D eigenvalue weighted by Gasteiger charge is -2.35. The summed E-state index contributed by atoms with van der Waals surface area (Å²) in [6.45, 7) is 0.557. The van der Waals surface area contributed by atoms with Gasteiger partial charge in [0.05, 0.1) is 5.92 Å². The topological polar surface area (TPSA) is 49.3 Å².